The molecule has 0 saturated heterocycles. The van der Waals surface area contributed by atoms with Gasteiger partial charge >= 0.3 is 0 Å². The van der Waals surface area contributed by atoms with Crippen LogP contribution in [0.4, 0.5) is 0 Å². The highest BCUT2D eigenvalue weighted by atomic mass is 16.5. The highest BCUT2D eigenvalue weighted by Gasteiger charge is 2.39. The van der Waals surface area contributed by atoms with E-state index in [2.05, 4.69) is 5.32 Å². The van der Waals surface area contributed by atoms with Gasteiger partial charge in [0.15, 0.2) is 0 Å². The molecular weight excluding hydrogens is 216 g/mol. The third-order valence-electron chi connectivity index (χ3n) is 4.02. The summed E-state index contributed by atoms with van der Waals surface area (Å²) in [5.74, 6) is 0.920. The summed E-state index contributed by atoms with van der Waals surface area (Å²) in [4.78, 5) is 12.1. The number of rotatable bonds is 7. The summed E-state index contributed by atoms with van der Waals surface area (Å²) in [6.45, 7) is 2.58. The molecular formula is C13H24N2O2. The fourth-order valence-electron chi connectivity index (χ4n) is 2.53. The maximum Gasteiger partial charge on any atom is 0.227 e. The van der Waals surface area contributed by atoms with Gasteiger partial charge in [-0.1, -0.05) is 12.8 Å². The van der Waals surface area contributed by atoms with Crippen LogP contribution in [-0.2, 0) is 9.53 Å². The van der Waals surface area contributed by atoms with E-state index >= 15 is 0 Å². The van der Waals surface area contributed by atoms with Crippen LogP contribution in [0.3, 0.4) is 0 Å². The van der Waals surface area contributed by atoms with Crippen molar-refractivity contribution in [1.82, 2.24) is 5.32 Å². The van der Waals surface area contributed by atoms with Crippen molar-refractivity contribution in [2.24, 2.45) is 17.1 Å². The van der Waals surface area contributed by atoms with E-state index in [0.717, 1.165) is 38.2 Å². The molecule has 3 N–H and O–H groups in total. The van der Waals surface area contributed by atoms with Crippen LogP contribution in [0.2, 0.25) is 0 Å². The third kappa shape index (κ3) is 3.42. The van der Waals surface area contributed by atoms with Crippen LogP contribution >= 0.6 is 0 Å². The number of ether oxygens (including phenoxy) is 1. The number of hydrogen-bond acceptors (Lipinski definition) is 3. The van der Waals surface area contributed by atoms with Crippen molar-refractivity contribution >= 4 is 5.91 Å². The Morgan fingerprint density at radius 3 is 2.65 bits per heavy atom. The Labute approximate surface area is 103 Å². The standard InChI is InChI=1S/C13H24N2O2/c14-10-13(5-1-2-6-13)12(16)15-7-8-17-9-11-3-4-11/h11H,1-10,14H2,(H,15,16). The molecule has 98 valence electrons. The monoisotopic (exact) mass is 240 g/mol. The lowest BCUT2D eigenvalue weighted by atomic mass is 9.85. The Kier molecular flexibility index (Phi) is 4.40. The second kappa shape index (κ2) is 5.83. The van der Waals surface area contributed by atoms with Gasteiger partial charge in [-0.25, -0.2) is 0 Å². The zero-order valence-electron chi connectivity index (χ0n) is 10.5. The molecule has 0 aromatic heterocycles. The number of carbonyl (C=O) groups is 1. The average molecular weight is 240 g/mol. The minimum absolute atomic E-state index is 0.132. The molecule has 0 spiro atoms. The van der Waals surface area contributed by atoms with Crippen LogP contribution in [-0.4, -0.2) is 32.2 Å². The first-order valence-electron chi connectivity index (χ1n) is 6.83. The normalized spacial score (nSPS) is 22.6. The lowest BCUT2D eigenvalue weighted by molar-refractivity contribution is -0.130. The van der Waals surface area contributed by atoms with E-state index in [1.807, 2.05) is 0 Å². The average Bonchev–Trinajstić information content (AvgIpc) is 3.04. The van der Waals surface area contributed by atoms with Crippen LogP contribution in [0.25, 0.3) is 0 Å². The summed E-state index contributed by atoms with van der Waals surface area (Å²) in [6, 6.07) is 0. The molecule has 2 aliphatic rings. The molecule has 0 atom stereocenters. The first-order valence-corrected chi connectivity index (χ1v) is 6.83. The first-order chi connectivity index (χ1) is 8.27. The minimum Gasteiger partial charge on any atom is -0.379 e. The maximum atomic E-state index is 12.1. The molecule has 0 aromatic carbocycles. The maximum absolute atomic E-state index is 12.1. The van der Waals surface area contributed by atoms with Crippen LogP contribution in [0.5, 0.6) is 0 Å². The SMILES string of the molecule is NCC1(C(=O)NCCOCC2CC2)CCCC1. The molecule has 0 bridgehead atoms. The van der Waals surface area contributed by atoms with E-state index < -0.39 is 0 Å². The zero-order valence-corrected chi connectivity index (χ0v) is 10.5. The van der Waals surface area contributed by atoms with Gasteiger partial charge in [0, 0.05) is 19.7 Å². The zero-order chi connectivity index (χ0) is 12.1. The lowest BCUT2D eigenvalue weighted by Crippen LogP contribution is -2.45. The molecule has 2 fully saturated rings. The van der Waals surface area contributed by atoms with E-state index in [0.29, 0.717) is 19.7 Å². The van der Waals surface area contributed by atoms with E-state index in [1.54, 1.807) is 0 Å². The Hall–Kier alpha value is -0.610. The molecule has 0 unspecified atom stereocenters. The molecule has 0 radical (unpaired) electrons. The van der Waals surface area contributed by atoms with Crippen molar-refractivity contribution < 1.29 is 9.53 Å². The highest BCUT2D eigenvalue weighted by molar-refractivity contribution is 5.83. The van der Waals surface area contributed by atoms with Crippen molar-refractivity contribution in [3.05, 3.63) is 0 Å². The summed E-state index contributed by atoms with van der Waals surface area (Å²) < 4.78 is 5.49. The summed E-state index contributed by atoms with van der Waals surface area (Å²) >= 11 is 0. The molecule has 0 aromatic rings. The smallest absolute Gasteiger partial charge is 0.227 e. The predicted octanol–water partition coefficient (Wildman–Crippen LogP) is 1.05. The Morgan fingerprint density at radius 2 is 2.06 bits per heavy atom. The van der Waals surface area contributed by atoms with Gasteiger partial charge in [0.2, 0.25) is 5.91 Å². The Balaban J connectivity index is 1.61. The lowest BCUT2D eigenvalue weighted by Gasteiger charge is -2.25. The van der Waals surface area contributed by atoms with E-state index in [-0.39, 0.29) is 11.3 Å². The Bertz CT molecular complexity index is 258. The molecule has 2 rings (SSSR count). The number of hydrogen-bond donors (Lipinski definition) is 2. The highest BCUT2D eigenvalue weighted by Crippen LogP contribution is 2.37. The van der Waals surface area contributed by atoms with Gasteiger partial charge < -0.3 is 15.8 Å². The molecule has 1 amide bonds. The fraction of sp³-hybridized carbons (Fsp3) is 0.923. The van der Waals surface area contributed by atoms with Gasteiger partial charge in [-0.2, -0.15) is 0 Å². The Morgan fingerprint density at radius 1 is 1.35 bits per heavy atom. The van der Waals surface area contributed by atoms with Gasteiger partial charge in [-0.3, -0.25) is 4.79 Å². The summed E-state index contributed by atoms with van der Waals surface area (Å²) in [7, 11) is 0. The minimum atomic E-state index is -0.281. The third-order valence-corrected chi connectivity index (χ3v) is 4.02. The van der Waals surface area contributed by atoms with Crippen molar-refractivity contribution in [3.63, 3.8) is 0 Å². The van der Waals surface area contributed by atoms with Crippen molar-refractivity contribution in [3.8, 4) is 0 Å². The van der Waals surface area contributed by atoms with Gasteiger partial charge in [0.05, 0.1) is 12.0 Å². The quantitative estimate of drug-likeness (QED) is 0.654. The fourth-order valence-corrected chi connectivity index (χ4v) is 2.53. The van der Waals surface area contributed by atoms with Crippen molar-refractivity contribution in [1.29, 1.82) is 0 Å². The van der Waals surface area contributed by atoms with E-state index in [1.165, 1.54) is 12.8 Å². The number of carbonyl (C=O) groups excluding carboxylic acids is 1. The van der Waals surface area contributed by atoms with Gasteiger partial charge in [-0.15, -0.1) is 0 Å². The van der Waals surface area contributed by atoms with Crippen LogP contribution in [0.1, 0.15) is 38.5 Å². The number of nitrogens with one attached hydrogen (secondary N) is 1. The second-order valence-electron chi connectivity index (χ2n) is 5.47. The predicted molar refractivity (Wildman–Crippen MR) is 66.5 cm³/mol. The molecule has 17 heavy (non-hydrogen) atoms. The van der Waals surface area contributed by atoms with Crippen molar-refractivity contribution in [2.45, 2.75) is 38.5 Å². The van der Waals surface area contributed by atoms with Crippen LogP contribution < -0.4 is 11.1 Å². The molecule has 4 nitrogen and oxygen atoms in total. The molecule has 4 heteroatoms. The summed E-state index contributed by atoms with van der Waals surface area (Å²) in [5.41, 5.74) is 5.47. The van der Waals surface area contributed by atoms with Gasteiger partial charge in [0.1, 0.15) is 0 Å². The van der Waals surface area contributed by atoms with Gasteiger partial charge in [-0.05, 0) is 31.6 Å². The number of nitrogens with two attached hydrogens (primary N) is 1. The van der Waals surface area contributed by atoms with E-state index in [9.17, 15) is 4.79 Å². The van der Waals surface area contributed by atoms with E-state index in [4.69, 9.17) is 10.5 Å². The summed E-state index contributed by atoms with van der Waals surface area (Å²) in [5, 5.41) is 2.97. The van der Waals surface area contributed by atoms with Crippen LogP contribution in [0, 0.1) is 11.3 Å². The van der Waals surface area contributed by atoms with Crippen molar-refractivity contribution in [2.75, 3.05) is 26.3 Å². The topological polar surface area (TPSA) is 64.4 Å². The molecule has 2 saturated carbocycles. The number of amides is 1. The molecule has 2 aliphatic carbocycles. The largest absolute Gasteiger partial charge is 0.379 e. The molecule has 0 heterocycles. The summed E-state index contributed by atoms with van der Waals surface area (Å²) in [6.07, 6.45) is 6.76. The molecule has 0 aliphatic heterocycles. The second-order valence-corrected chi connectivity index (χ2v) is 5.47. The van der Waals surface area contributed by atoms with Crippen LogP contribution in [0.15, 0.2) is 0 Å². The van der Waals surface area contributed by atoms with Gasteiger partial charge in [0.25, 0.3) is 0 Å². The first kappa shape index (κ1) is 12.8.